The van der Waals surface area contributed by atoms with Crippen molar-refractivity contribution in [2.45, 2.75) is 6.92 Å². The fraction of sp³-hybridized carbons (Fsp3) is 0.0667. The van der Waals surface area contributed by atoms with Gasteiger partial charge in [0.05, 0.1) is 5.56 Å². The van der Waals surface area contributed by atoms with Gasteiger partial charge in [0, 0.05) is 27.8 Å². The first-order valence-electron chi connectivity index (χ1n) is 5.80. The lowest BCUT2D eigenvalue weighted by atomic mass is 10.0. The van der Waals surface area contributed by atoms with E-state index in [0.29, 0.717) is 11.1 Å². The van der Waals surface area contributed by atoms with Crippen LogP contribution in [0.1, 0.15) is 5.56 Å². The van der Waals surface area contributed by atoms with Crippen molar-refractivity contribution in [1.29, 1.82) is 0 Å². The van der Waals surface area contributed by atoms with Crippen molar-refractivity contribution in [3.8, 4) is 11.1 Å². The molecule has 94 valence electrons. The van der Waals surface area contributed by atoms with Gasteiger partial charge in [0.25, 0.3) is 0 Å². The largest absolute Gasteiger partial charge is 0.422 e. The first-order chi connectivity index (χ1) is 9.16. The Kier molecular flexibility index (Phi) is 2.95. The van der Waals surface area contributed by atoms with E-state index in [2.05, 4.69) is 20.9 Å². The molecule has 0 N–H and O–H groups in total. The predicted octanol–water partition coefficient (Wildman–Crippen LogP) is 3.93. The third kappa shape index (κ3) is 2.08. The molecule has 0 bridgehead atoms. The van der Waals surface area contributed by atoms with Crippen LogP contribution in [0.4, 0.5) is 0 Å². The molecular weight excluding hydrogens is 306 g/mol. The van der Waals surface area contributed by atoms with Crippen molar-refractivity contribution in [3.05, 3.63) is 63.2 Å². The Morgan fingerprint density at radius 3 is 2.84 bits per heavy atom. The lowest BCUT2D eigenvalue weighted by Crippen LogP contribution is -2.06. The fourth-order valence-corrected chi connectivity index (χ4v) is 2.51. The van der Waals surface area contributed by atoms with Gasteiger partial charge in [-0.25, -0.2) is 4.79 Å². The molecule has 0 aliphatic carbocycles. The normalized spacial score (nSPS) is 10.8. The van der Waals surface area contributed by atoms with Crippen LogP contribution in [0.3, 0.4) is 0 Å². The monoisotopic (exact) mass is 315 g/mol. The lowest BCUT2D eigenvalue weighted by molar-refractivity contribution is 0.562. The number of benzene rings is 1. The quantitative estimate of drug-likeness (QED) is 0.639. The minimum atomic E-state index is -0.337. The van der Waals surface area contributed by atoms with Crippen molar-refractivity contribution in [3.63, 3.8) is 0 Å². The summed E-state index contributed by atoms with van der Waals surface area (Å²) in [5.74, 6) is 0. The molecular formula is C15H10BrNO2. The van der Waals surface area contributed by atoms with Crippen LogP contribution in [0.25, 0.3) is 22.1 Å². The van der Waals surface area contributed by atoms with Crippen molar-refractivity contribution in [1.82, 2.24) is 4.98 Å². The molecule has 3 rings (SSSR count). The molecule has 0 radical (unpaired) electrons. The van der Waals surface area contributed by atoms with Crippen LogP contribution < -0.4 is 5.63 Å². The Hall–Kier alpha value is -1.94. The molecule has 19 heavy (non-hydrogen) atoms. The van der Waals surface area contributed by atoms with E-state index in [4.69, 9.17) is 4.42 Å². The molecule has 0 spiro atoms. The Balaban J connectivity index is 2.39. The molecule has 0 saturated heterocycles. The van der Waals surface area contributed by atoms with Crippen LogP contribution in [-0.2, 0) is 0 Å². The standard InChI is InChI=1S/C15H10BrNO2/c1-9-12-5-4-11(16)7-13(12)19-15(18)14(9)10-3-2-6-17-8-10/h2-8H,1H3. The van der Waals surface area contributed by atoms with Gasteiger partial charge in [-0.1, -0.05) is 22.0 Å². The molecule has 2 aromatic heterocycles. The second-order valence-corrected chi connectivity index (χ2v) is 5.19. The van der Waals surface area contributed by atoms with Gasteiger partial charge in [-0.2, -0.15) is 0 Å². The number of nitrogens with zero attached hydrogens (tertiary/aromatic N) is 1. The third-order valence-corrected chi connectivity index (χ3v) is 3.57. The van der Waals surface area contributed by atoms with E-state index >= 15 is 0 Å². The van der Waals surface area contributed by atoms with Crippen LogP contribution >= 0.6 is 15.9 Å². The molecule has 0 aliphatic heterocycles. The molecule has 3 aromatic rings. The number of hydrogen-bond donors (Lipinski definition) is 0. The summed E-state index contributed by atoms with van der Waals surface area (Å²) in [6.07, 6.45) is 3.35. The van der Waals surface area contributed by atoms with E-state index in [9.17, 15) is 4.79 Å². The van der Waals surface area contributed by atoms with E-state index in [1.165, 1.54) is 0 Å². The maximum atomic E-state index is 12.2. The molecule has 0 unspecified atom stereocenters. The second-order valence-electron chi connectivity index (χ2n) is 4.27. The average Bonchev–Trinajstić information content (AvgIpc) is 2.39. The first kappa shape index (κ1) is 12.1. The summed E-state index contributed by atoms with van der Waals surface area (Å²) in [4.78, 5) is 16.2. The number of aryl methyl sites for hydroxylation is 1. The number of halogens is 1. The highest BCUT2D eigenvalue weighted by Gasteiger charge is 2.13. The fourth-order valence-electron chi connectivity index (χ4n) is 2.17. The van der Waals surface area contributed by atoms with Gasteiger partial charge in [0.1, 0.15) is 5.58 Å². The topological polar surface area (TPSA) is 43.1 Å². The Bertz CT molecular complexity index is 809. The van der Waals surface area contributed by atoms with E-state index in [-0.39, 0.29) is 5.63 Å². The molecule has 2 heterocycles. The Morgan fingerprint density at radius 2 is 2.11 bits per heavy atom. The smallest absolute Gasteiger partial charge is 0.344 e. The number of aromatic nitrogens is 1. The SMILES string of the molecule is Cc1c(-c2cccnc2)c(=O)oc2cc(Br)ccc12. The Labute approximate surface area is 118 Å². The van der Waals surface area contributed by atoms with Gasteiger partial charge < -0.3 is 4.42 Å². The van der Waals surface area contributed by atoms with Crippen molar-refractivity contribution in [2.24, 2.45) is 0 Å². The third-order valence-electron chi connectivity index (χ3n) is 3.08. The summed E-state index contributed by atoms with van der Waals surface area (Å²) in [5.41, 5.74) is 2.51. The zero-order valence-corrected chi connectivity index (χ0v) is 11.8. The average molecular weight is 316 g/mol. The summed E-state index contributed by atoms with van der Waals surface area (Å²) in [6.45, 7) is 1.93. The van der Waals surface area contributed by atoms with E-state index in [0.717, 1.165) is 21.0 Å². The van der Waals surface area contributed by atoms with Crippen LogP contribution in [-0.4, -0.2) is 4.98 Å². The number of fused-ring (bicyclic) bond motifs is 1. The van der Waals surface area contributed by atoms with Gasteiger partial charge in [-0.3, -0.25) is 4.98 Å². The van der Waals surface area contributed by atoms with E-state index in [1.54, 1.807) is 24.5 Å². The lowest BCUT2D eigenvalue weighted by Gasteiger charge is -2.07. The Morgan fingerprint density at radius 1 is 1.26 bits per heavy atom. The van der Waals surface area contributed by atoms with Crippen LogP contribution in [0, 0.1) is 6.92 Å². The summed E-state index contributed by atoms with van der Waals surface area (Å²) in [6, 6.07) is 9.34. The van der Waals surface area contributed by atoms with Crippen LogP contribution in [0.2, 0.25) is 0 Å². The second kappa shape index (κ2) is 4.63. The molecule has 3 nitrogen and oxygen atoms in total. The van der Waals surface area contributed by atoms with Crippen molar-refractivity contribution >= 4 is 26.9 Å². The van der Waals surface area contributed by atoms with E-state index < -0.39 is 0 Å². The zero-order chi connectivity index (χ0) is 13.4. The van der Waals surface area contributed by atoms with Gasteiger partial charge in [-0.15, -0.1) is 0 Å². The van der Waals surface area contributed by atoms with Crippen molar-refractivity contribution in [2.75, 3.05) is 0 Å². The van der Waals surface area contributed by atoms with E-state index in [1.807, 2.05) is 25.1 Å². The van der Waals surface area contributed by atoms with Gasteiger partial charge in [0.15, 0.2) is 0 Å². The van der Waals surface area contributed by atoms with Gasteiger partial charge >= 0.3 is 5.63 Å². The maximum absolute atomic E-state index is 12.2. The number of pyridine rings is 1. The highest BCUT2D eigenvalue weighted by Crippen LogP contribution is 2.27. The first-order valence-corrected chi connectivity index (χ1v) is 6.59. The number of hydrogen-bond acceptors (Lipinski definition) is 3. The highest BCUT2D eigenvalue weighted by atomic mass is 79.9. The van der Waals surface area contributed by atoms with Crippen molar-refractivity contribution < 1.29 is 4.42 Å². The van der Waals surface area contributed by atoms with Gasteiger partial charge in [-0.05, 0) is 36.8 Å². The van der Waals surface area contributed by atoms with Gasteiger partial charge in [0.2, 0.25) is 0 Å². The molecule has 0 aliphatic rings. The van der Waals surface area contributed by atoms with Crippen LogP contribution in [0.15, 0.2) is 56.4 Å². The summed E-state index contributed by atoms with van der Waals surface area (Å²) >= 11 is 3.37. The minimum absolute atomic E-state index is 0.337. The predicted molar refractivity (Wildman–Crippen MR) is 78.2 cm³/mol. The minimum Gasteiger partial charge on any atom is -0.422 e. The summed E-state index contributed by atoms with van der Waals surface area (Å²) in [5, 5.41) is 0.932. The molecule has 4 heteroatoms. The highest BCUT2D eigenvalue weighted by molar-refractivity contribution is 9.10. The molecule has 0 atom stereocenters. The molecule has 0 amide bonds. The maximum Gasteiger partial charge on any atom is 0.344 e. The van der Waals surface area contributed by atoms with Crippen LogP contribution in [0.5, 0.6) is 0 Å². The molecule has 0 saturated carbocycles. The zero-order valence-electron chi connectivity index (χ0n) is 10.2. The summed E-state index contributed by atoms with van der Waals surface area (Å²) in [7, 11) is 0. The summed E-state index contributed by atoms with van der Waals surface area (Å²) < 4.78 is 6.28. The number of rotatable bonds is 1. The molecule has 0 fully saturated rings. The molecule has 1 aromatic carbocycles.